The Balaban J connectivity index is 2.07. The van der Waals surface area contributed by atoms with Crippen molar-refractivity contribution >= 4 is 11.6 Å². The smallest absolute Gasteiger partial charge is 0.228 e. The molecule has 0 saturated carbocycles. The van der Waals surface area contributed by atoms with Gasteiger partial charge in [0.25, 0.3) is 0 Å². The maximum absolute atomic E-state index is 12.1. The summed E-state index contributed by atoms with van der Waals surface area (Å²) in [5, 5.41) is 2.82. The highest BCUT2D eigenvalue weighted by Gasteiger charge is 2.08. The minimum absolute atomic E-state index is 0.124. The van der Waals surface area contributed by atoms with Crippen LogP contribution in [0.1, 0.15) is 11.1 Å². The Morgan fingerprint density at radius 3 is 2.59 bits per heavy atom. The van der Waals surface area contributed by atoms with Gasteiger partial charge >= 0.3 is 0 Å². The van der Waals surface area contributed by atoms with Gasteiger partial charge in [0.15, 0.2) is 11.5 Å². The normalized spacial score (nSPS) is 9.68. The lowest BCUT2D eigenvalue weighted by Gasteiger charge is -2.10. The number of benzene rings is 2. The molecule has 0 radical (unpaired) electrons. The lowest BCUT2D eigenvalue weighted by atomic mass is 10.1. The van der Waals surface area contributed by atoms with Crippen molar-refractivity contribution in [2.45, 2.75) is 6.42 Å². The van der Waals surface area contributed by atoms with Crippen molar-refractivity contribution in [3.63, 3.8) is 0 Å². The highest BCUT2D eigenvalue weighted by molar-refractivity contribution is 5.92. The zero-order chi connectivity index (χ0) is 15.9. The minimum Gasteiger partial charge on any atom is -0.493 e. The van der Waals surface area contributed by atoms with Crippen molar-refractivity contribution in [1.82, 2.24) is 0 Å². The molecule has 4 nitrogen and oxygen atoms in total. The number of carbonyl (C=O) groups is 1. The molecule has 1 amide bonds. The summed E-state index contributed by atoms with van der Waals surface area (Å²) < 4.78 is 10.4. The molecule has 4 heteroatoms. The Bertz CT molecular complexity index is 717. The zero-order valence-electron chi connectivity index (χ0n) is 12.6. The number of carbonyl (C=O) groups excluding carboxylic acids is 1. The molecule has 1 N–H and O–H groups in total. The molecule has 0 fully saturated rings. The summed E-state index contributed by atoms with van der Waals surface area (Å²) in [6, 6.07) is 12.6. The van der Waals surface area contributed by atoms with Crippen LogP contribution in [-0.2, 0) is 11.2 Å². The van der Waals surface area contributed by atoms with E-state index in [1.807, 2.05) is 12.1 Å². The van der Waals surface area contributed by atoms with Gasteiger partial charge in [0, 0.05) is 11.3 Å². The van der Waals surface area contributed by atoms with Gasteiger partial charge in [-0.05, 0) is 35.9 Å². The second-order valence-corrected chi connectivity index (χ2v) is 4.64. The van der Waals surface area contributed by atoms with E-state index in [1.54, 1.807) is 44.6 Å². The van der Waals surface area contributed by atoms with E-state index in [9.17, 15) is 4.79 Å². The molecule has 2 aromatic carbocycles. The molecule has 0 atom stereocenters. The molecular weight excluding hydrogens is 278 g/mol. The molecule has 0 heterocycles. The third-order valence-corrected chi connectivity index (χ3v) is 3.13. The monoisotopic (exact) mass is 295 g/mol. The van der Waals surface area contributed by atoms with Crippen LogP contribution in [0.2, 0.25) is 0 Å². The summed E-state index contributed by atoms with van der Waals surface area (Å²) in [6.07, 6.45) is 5.58. The van der Waals surface area contributed by atoms with Crippen LogP contribution < -0.4 is 14.8 Å². The van der Waals surface area contributed by atoms with Gasteiger partial charge in [0.1, 0.15) is 0 Å². The quantitative estimate of drug-likeness (QED) is 0.863. The van der Waals surface area contributed by atoms with Crippen molar-refractivity contribution in [2.75, 3.05) is 19.5 Å². The van der Waals surface area contributed by atoms with E-state index in [1.165, 1.54) is 0 Å². The summed E-state index contributed by atoms with van der Waals surface area (Å²) in [7, 11) is 3.13. The fourth-order valence-electron chi connectivity index (χ4n) is 2.07. The Morgan fingerprint density at radius 2 is 1.91 bits per heavy atom. The van der Waals surface area contributed by atoms with Crippen LogP contribution in [0.25, 0.3) is 0 Å². The molecule has 0 bridgehead atoms. The van der Waals surface area contributed by atoms with Crippen molar-refractivity contribution in [3.8, 4) is 23.8 Å². The van der Waals surface area contributed by atoms with E-state index < -0.39 is 0 Å². The number of ether oxygens (including phenoxy) is 2. The van der Waals surface area contributed by atoms with Crippen LogP contribution in [0.15, 0.2) is 42.5 Å². The number of methoxy groups -OCH3 is 2. The molecule has 0 saturated heterocycles. The first-order chi connectivity index (χ1) is 10.7. The molecule has 0 aliphatic rings. The topological polar surface area (TPSA) is 47.6 Å². The molecule has 0 aliphatic heterocycles. The average Bonchev–Trinajstić information content (AvgIpc) is 2.54. The summed E-state index contributed by atoms with van der Waals surface area (Å²) in [6.45, 7) is 0. The van der Waals surface area contributed by atoms with Crippen molar-refractivity contribution in [3.05, 3.63) is 53.6 Å². The van der Waals surface area contributed by atoms with Crippen LogP contribution in [-0.4, -0.2) is 20.1 Å². The Hall–Kier alpha value is -2.93. The Kier molecular flexibility index (Phi) is 5.05. The third kappa shape index (κ3) is 3.80. The van der Waals surface area contributed by atoms with Crippen LogP contribution in [0, 0.1) is 12.3 Å². The molecule has 0 aromatic heterocycles. The fraction of sp³-hybridized carbons (Fsp3) is 0.167. The summed E-state index contributed by atoms with van der Waals surface area (Å²) in [5.41, 5.74) is 2.24. The number of nitrogens with one attached hydrogen (secondary N) is 1. The second kappa shape index (κ2) is 7.19. The summed E-state index contributed by atoms with van der Waals surface area (Å²) in [5.74, 6) is 3.64. The number of hydrogen-bond acceptors (Lipinski definition) is 3. The van der Waals surface area contributed by atoms with Gasteiger partial charge in [-0.25, -0.2) is 0 Å². The van der Waals surface area contributed by atoms with E-state index >= 15 is 0 Å². The Morgan fingerprint density at radius 1 is 1.14 bits per heavy atom. The molecule has 2 aromatic rings. The first-order valence-corrected chi connectivity index (χ1v) is 6.73. The van der Waals surface area contributed by atoms with E-state index in [0.29, 0.717) is 17.2 Å². The lowest BCUT2D eigenvalue weighted by molar-refractivity contribution is -0.115. The van der Waals surface area contributed by atoms with Gasteiger partial charge in [-0.15, -0.1) is 6.42 Å². The van der Waals surface area contributed by atoms with Gasteiger partial charge < -0.3 is 14.8 Å². The van der Waals surface area contributed by atoms with E-state index in [2.05, 4.69) is 11.2 Å². The molecule has 2 rings (SSSR count). The largest absolute Gasteiger partial charge is 0.493 e. The van der Waals surface area contributed by atoms with Crippen LogP contribution in [0.5, 0.6) is 11.5 Å². The summed E-state index contributed by atoms with van der Waals surface area (Å²) in [4.78, 5) is 12.1. The van der Waals surface area contributed by atoms with Gasteiger partial charge in [-0.3, -0.25) is 4.79 Å². The maximum Gasteiger partial charge on any atom is 0.228 e. The molecule has 0 spiro atoms. The van der Waals surface area contributed by atoms with Gasteiger partial charge in [0.05, 0.1) is 20.6 Å². The van der Waals surface area contributed by atoms with Crippen molar-refractivity contribution in [2.24, 2.45) is 0 Å². The SMILES string of the molecule is C#Cc1cccc(NC(=O)Cc2ccc(OC)c(OC)c2)c1. The first kappa shape index (κ1) is 15.5. The molecule has 0 aliphatic carbocycles. The predicted molar refractivity (Wildman–Crippen MR) is 86.3 cm³/mol. The molecule has 22 heavy (non-hydrogen) atoms. The van der Waals surface area contributed by atoms with Gasteiger partial charge in [0.2, 0.25) is 5.91 Å². The van der Waals surface area contributed by atoms with Crippen LogP contribution in [0.4, 0.5) is 5.69 Å². The summed E-state index contributed by atoms with van der Waals surface area (Å²) >= 11 is 0. The highest BCUT2D eigenvalue weighted by Crippen LogP contribution is 2.27. The van der Waals surface area contributed by atoms with Crippen LogP contribution >= 0.6 is 0 Å². The standard InChI is InChI=1S/C18H17NO3/c1-4-13-6-5-7-15(10-13)19-18(20)12-14-8-9-16(21-2)17(11-14)22-3/h1,5-11H,12H2,2-3H3,(H,19,20). The Labute approximate surface area is 130 Å². The molecular formula is C18H17NO3. The predicted octanol–water partition coefficient (Wildman–Crippen LogP) is 2.87. The van der Waals surface area contributed by atoms with Crippen LogP contribution in [0.3, 0.4) is 0 Å². The number of terminal acetylenes is 1. The zero-order valence-corrected chi connectivity index (χ0v) is 12.6. The average molecular weight is 295 g/mol. The van der Waals surface area contributed by atoms with Crippen molar-refractivity contribution in [1.29, 1.82) is 0 Å². The highest BCUT2D eigenvalue weighted by atomic mass is 16.5. The van der Waals surface area contributed by atoms with Crippen molar-refractivity contribution < 1.29 is 14.3 Å². The molecule has 0 unspecified atom stereocenters. The maximum atomic E-state index is 12.1. The van der Waals surface area contributed by atoms with E-state index in [0.717, 1.165) is 11.1 Å². The number of anilines is 1. The fourth-order valence-corrected chi connectivity index (χ4v) is 2.07. The molecule has 112 valence electrons. The minimum atomic E-state index is -0.124. The lowest BCUT2D eigenvalue weighted by Crippen LogP contribution is -2.14. The van der Waals surface area contributed by atoms with E-state index in [4.69, 9.17) is 15.9 Å². The second-order valence-electron chi connectivity index (χ2n) is 4.64. The van der Waals surface area contributed by atoms with E-state index in [-0.39, 0.29) is 12.3 Å². The first-order valence-electron chi connectivity index (χ1n) is 6.73. The third-order valence-electron chi connectivity index (χ3n) is 3.13. The van der Waals surface area contributed by atoms with Gasteiger partial charge in [-0.1, -0.05) is 18.1 Å². The number of hydrogen-bond donors (Lipinski definition) is 1. The number of amides is 1. The number of rotatable bonds is 5. The van der Waals surface area contributed by atoms with Gasteiger partial charge in [-0.2, -0.15) is 0 Å².